The molecule has 2 aromatic rings. The Morgan fingerprint density at radius 1 is 1.05 bits per heavy atom. The van der Waals surface area contributed by atoms with Crippen molar-refractivity contribution in [1.82, 2.24) is 4.98 Å². The van der Waals surface area contributed by atoms with Gasteiger partial charge in [-0.05, 0) is 24.3 Å². The molecule has 0 amide bonds. The van der Waals surface area contributed by atoms with E-state index in [-0.39, 0.29) is 10.6 Å². The van der Waals surface area contributed by atoms with Crippen LogP contribution in [0.3, 0.4) is 0 Å². The van der Waals surface area contributed by atoms with Crippen molar-refractivity contribution in [2.45, 2.75) is 16.8 Å². The topological polar surface area (TPSA) is 47.0 Å². The van der Waals surface area contributed by atoms with Gasteiger partial charge < -0.3 is 0 Å². The zero-order valence-corrected chi connectivity index (χ0v) is 10.9. The van der Waals surface area contributed by atoms with Crippen molar-refractivity contribution in [1.29, 1.82) is 0 Å². The lowest BCUT2D eigenvalue weighted by Crippen LogP contribution is -2.10. The molecule has 1 aromatic heterocycles. The second-order valence-electron chi connectivity index (χ2n) is 4.11. The molecule has 0 saturated carbocycles. The number of alkyl halides is 3. The molecule has 0 N–H and O–H groups in total. The van der Waals surface area contributed by atoms with E-state index in [4.69, 9.17) is 0 Å². The molecule has 0 fully saturated rings. The summed E-state index contributed by atoms with van der Waals surface area (Å²) < 4.78 is 61.7. The Labute approximate surface area is 114 Å². The summed E-state index contributed by atoms with van der Waals surface area (Å²) in [4.78, 5) is 3.74. The standard InChI is InChI=1S/C13H10F3NO2S/c14-13(15,16)10-6-7-17-11(8-10)9-20(18,19)12-4-2-1-3-5-12/h1-8H,9H2. The Morgan fingerprint density at radius 2 is 1.70 bits per heavy atom. The van der Waals surface area contributed by atoms with Crippen LogP contribution < -0.4 is 0 Å². The van der Waals surface area contributed by atoms with Crippen molar-refractivity contribution in [2.75, 3.05) is 0 Å². The van der Waals surface area contributed by atoms with Crippen LogP contribution in [0.5, 0.6) is 0 Å². The number of rotatable bonds is 3. The summed E-state index contributed by atoms with van der Waals surface area (Å²) in [5.74, 6) is -0.569. The first kappa shape index (κ1) is 14.5. The van der Waals surface area contributed by atoms with Gasteiger partial charge in [-0.3, -0.25) is 4.98 Å². The van der Waals surface area contributed by atoms with Crippen LogP contribution in [0.25, 0.3) is 0 Å². The number of hydrogen-bond donors (Lipinski definition) is 0. The van der Waals surface area contributed by atoms with Crippen LogP contribution in [-0.2, 0) is 21.8 Å². The maximum absolute atomic E-state index is 12.5. The minimum atomic E-state index is -4.52. The lowest BCUT2D eigenvalue weighted by Gasteiger charge is -2.08. The van der Waals surface area contributed by atoms with Crippen molar-refractivity contribution in [2.24, 2.45) is 0 Å². The number of sulfone groups is 1. The summed E-state index contributed by atoms with van der Waals surface area (Å²) in [5, 5.41) is 0. The third-order valence-corrected chi connectivity index (χ3v) is 4.25. The largest absolute Gasteiger partial charge is 0.416 e. The molecule has 1 aromatic carbocycles. The predicted octanol–water partition coefficient (Wildman–Crippen LogP) is 3.07. The Hall–Kier alpha value is -1.89. The highest BCUT2D eigenvalue weighted by Crippen LogP contribution is 2.29. The quantitative estimate of drug-likeness (QED) is 0.875. The summed E-state index contributed by atoms with van der Waals surface area (Å²) >= 11 is 0. The summed E-state index contributed by atoms with van der Waals surface area (Å²) in [6.45, 7) is 0. The minimum Gasteiger partial charge on any atom is -0.260 e. The van der Waals surface area contributed by atoms with Gasteiger partial charge in [0.1, 0.15) is 0 Å². The van der Waals surface area contributed by atoms with Gasteiger partial charge in [-0.15, -0.1) is 0 Å². The van der Waals surface area contributed by atoms with E-state index in [1.807, 2.05) is 0 Å². The number of hydrogen-bond acceptors (Lipinski definition) is 3. The highest BCUT2D eigenvalue weighted by molar-refractivity contribution is 7.90. The molecule has 2 rings (SSSR count). The molecule has 0 aliphatic carbocycles. The lowest BCUT2D eigenvalue weighted by molar-refractivity contribution is -0.137. The van der Waals surface area contributed by atoms with Gasteiger partial charge in [0.05, 0.1) is 21.9 Å². The van der Waals surface area contributed by atoms with Crippen LogP contribution in [0.15, 0.2) is 53.6 Å². The van der Waals surface area contributed by atoms with Gasteiger partial charge >= 0.3 is 6.18 Å². The summed E-state index contributed by atoms with van der Waals surface area (Å²) in [7, 11) is -3.71. The smallest absolute Gasteiger partial charge is 0.260 e. The fourth-order valence-electron chi connectivity index (χ4n) is 1.64. The Balaban J connectivity index is 2.31. The van der Waals surface area contributed by atoms with E-state index in [0.29, 0.717) is 0 Å². The SMILES string of the molecule is O=S(=O)(Cc1cc(C(F)(F)F)ccn1)c1ccccc1. The molecule has 0 aliphatic heterocycles. The third kappa shape index (κ3) is 3.36. The maximum atomic E-state index is 12.5. The Morgan fingerprint density at radius 3 is 2.30 bits per heavy atom. The molecule has 0 saturated heterocycles. The van der Waals surface area contributed by atoms with Crippen LogP contribution in [0.4, 0.5) is 13.2 Å². The second kappa shape index (κ2) is 5.24. The molecular weight excluding hydrogens is 291 g/mol. The van der Waals surface area contributed by atoms with Crippen LogP contribution in [-0.4, -0.2) is 13.4 Å². The summed E-state index contributed by atoms with van der Waals surface area (Å²) in [6.07, 6.45) is -3.56. The molecule has 20 heavy (non-hydrogen) atoms. The van der Waals surface area contributed by atoms with Gasteiger partial charge in [0.2, 0.25) is 0 Å². The van der Waals surface area contributed by atoms with Gasteiger partial charge in [0.25, 0.3) is 0 Å². The van der Waals surface area contributed by atoms with E-state index >= 15 is 0 Å². The van der Waals surface area contributed by atoms with Gasteiger partial charge in [-0.1, -0.05) is 18.2 Å². The maximum Gasteiger partial charge on any atom is 0.416 e. The molecule has 0 aliphatic rings. The molecule has 1 heterocycles. The molecule has 0 spiro atoms. The first-order chi connectivity index (χ1) is 9.29. The van der Waals surface area contributed by atoms with Crippen molar-refractivity contribution in [3.05, 3.63) is 59.9 Å². The van der Waals surface area contributed by atoms with E-state index < -0.39 is 27.3 Å². The van der Waals surface area contributed by atoms with Crippen molar-refractivity contribution in [3.63, 3.8) is 0 Å². The average molecular weight is 301 g/mol. The lowest BCUT2D eigenvalue weighted by atomic mass is 10.2. The van der Waals surface area contributed by atoms with Gasteiger partial charge in [0.15, 0.2) is 9.84 Å². The van der Waals surface area contributed by atoms with Gasteiger partial charge in [0, 0.05) is 6.20 Å². The van der Waals surface area contributed by atoms with Crippen molar-refractivity contribution in [3.8, 4) is 0 Å². The first-order valence-corrected chi connectivity index (χ1v) is 7.24. The molecular formula is C13H10F3NO2S. The van der Waals surface area contributed by atoms with E-state index in [1.54, 1.807) is 18.2 Å². The van der Waals surface area contributed by atoms with Crippen molar-refractivity contribution >= 4 is 9.84 Å². The van der Waals surface area contributed by atoms with Gasteiger partial charge in [-0.2, -0.15) is 13.2 Å². The van der Waals surface area contributed by atoms with Crippen LogP contribution in [0.1, 0.15) is 11.3 Å². The normalized spacial score (nSPS) is 12.3. The molecule has 0 unspecified atom stereocenters. The first-order valence-electron chi connectivity index (χ1n) is 5.59. The molecule has 0 bridgehead atoms. The number of nitrogens with zero attached hydrogens (tertiary/aromatic N) is 1. The summed E-state index contributed by atoms with van der Waals surface area (Å²) in [5.41, 5.74) is -1.05. The molecule has 3 nitrogen and oxygen atoms in total. The number of aromatic nitrogens is 1. The number of halogens is 3. The zero-order chi connectivity index (χ0) is 14.8. The van der Waals surface area contributed by atoms with Crippen LogP contribution in [0.2, 0.25) is 0 Å². The van der Waals surface area contributed by atoms with E-state index in [0.717, 1.165) is 18.3 Å². The fourth-order valence-corrected chi connectivity index (χ4v) is 2.93. The van der Waals surface area contributed by atoms with Gasteiger partial charge in [-0.25, -0.2) is 8.42 Å². The molecule has 0 atom stereocenters. The fraction of sp³-hybridized carbons (Fsp3) is 0.154. The van der Waals surface area contributed by atoms with Crippen LogP contribution in [0, 0.1) is 0 Å². The Bertz CT molecular complexity index is 697. The van der Waals surface area contributed by atoms with E-state index in [2.05, 4.69) is 4.98 Å². The second-order valence-corrected chi connectivity index (χ2v) is 6.10. The van der Waals surface area contributed by atoms with E-state index in [9.17, 15) is 21.6 Å². The van der Waals surface area contributed by atoms with Crippen LogP contribution >= 0.6 is 0 Å². The number of benzene rings is 1. The monoisotopic (exact) mass is 301 g/mol. The number of pyridine rings is 1. The highest BCUT2D eigenvalue weighted by atomic mass is 32.2. The minimum absolute atomic E-state index is 0.0548. The van der Waals surface area contributed by atoms with Crippen molar-refractivity contribution < 1.29 is 21.6 Å². The average Bonchev–Trinajstić information content (AvgIpc) is 2.38. The predicted molar refractivity (Wildman–Crippen MR) is 66.6 cm³/mol. The highest BCUT2D eigenvalue weighted by Gasteiger charge is 2.31. The van der Waals surface area contributed by atoms with E-state index in [1.165, 1.54) is 12.1 Å². The third-order valence-electron chi connectivity index (χ3n) is 2.58. The molecule has 7 heteroatoms. The molecule has 0 radical (unpaired) electrons. The summed E-state index contributed by atoms with van der Waals surface area (Å²) in [6, 6.07) is 9.09. The molecule has 106 valence electrons. The zero-order valence-electron chi connectivity index (χ0n) is 10.1. The Kier molecular flexibility index (Phi) is 3.80.